The molecule has 0 saturated carbocycles. The summed E-state index contributed by atoms with van der Waals surface area (Å²) in [4.78, 5) is 16.9. The molecule has 2 heterocycles. The number of nitrogen functional groups attached to an aromatic ring is 1. The van der Waals surface area contributed by atoms with E-state index in [1.807, 2.05) is 53.9 Å². The molecule has 4 nitrogen and oxygen atoms in total. The Labute approximate surface area is 162 Å². The van der Waals surface area contributed by atoms with Gasteiger partial charge in [-0.15, -0.1) is 11.3 Å². The largest absolute Gasteiger partial charge is 0.495 e. The molecule has 0 aliphatic rings. The molecule has 4 rings (SSSR count). The third kappa shape index (κ3) is 2.81. The lowest BCUT2D eigenvalue weighted by Crippen LogP contribution is -2.11. The number of fused-ring (bicyclic) bond motifs is 1. The van der Waals surface area contributed by atoms with Gasteiger partial charge in [0, 0.05) is 27.6 Å². The van der Waals surface area contributed by atoms with Crippen LogP contribution in [0.1, 0.15) is 0 Å². The van der Waals surface area contributed by atoms with E-state index < -0.39 is 0 Å². The molecular formula is C20H15BrN2O2S. The first kappa shape index (κ1) is 16.9. The summed E-state index contributed by atoms with van der Waals surface area (Å²) in [5, 5.41) is 2.89. The van der Waals surface area contributed by atoms with Crippen LogP contribution in [0.25, 0.3) is 32.5 Å². The molecule has 3 N–H and O–H groups in total. The fourth-order valence-corrected chi connectivity index (χ4v) is 4.38. The lowest BCUT2D eigenvalue weighted by atomic mass is 9.95. The van der Waals surface area contributed by atoms with E-state index in [-0.39, 0.29) is 5.56 Å². The van der Waals surface area contributed by atoms with Gasteiger partial charge in [0.2, 0.25) is 0 Å². The predicted octanol–water partition coefficient (Wildman–Crippen LogP) is 5.28. The summed E-state index contributed by atoms with van der Waals surface area (Å²) in [6.45, 7) is 0. The van der Waals surface area contributed by atoms with Crippen LogP contribution < -0.4 is 16.0 Å². The monoisotopic (exact) mass is 426 g/mol. The number of hydrogen-bond donors (Lipinski definition) is 2. The van der Waals surface area contributed by atoms with Gasteiger partial charge in [-0.25, -0.2) is 0 Å². The molecule has 0 atom stereocenters. The zero-order chi connectivity index (χ0) is 18.3. The molecule has 0 amide bonds. The van der Waals surface area contributed by atoms with Gasteiger partial charge in [0.25, 0.3) is 5.56 Å². The molecule has 0 aliphatic heterocycles. The lowest BCUT2D eigenvalue weighted by molar-refractivity contribution is 0.412. The number of ether oxygens (including phenoxy) is 1. The minimum atomic E-state index is -0.137. The molecule has 0 saturated heterocycles. The highest BCUT2D eigenvalue weighted by Crippen LogP contribution is 2.40. The molecule has 0 radical (unpaired) electrons. The van der Waals surface area contributed by atoms with Crippen LogP contribution in [0.3, 0.4) is 0 Å². The number of nitrogens with one attached hydrogen (secondary N) is 1. The van der Waals surface area contributed by atoms with E-state index in [0.717, 1.165) is 25.9 Å². The molecule has 0 aliphatic carbocycles. The average molecular weight is 427 g/mol. The van der Waals surface area contributed by atoms with Crippen molar-refractivity contribution in [2.75, 3.05) is 12.8 Å². The van der Waals surface area contributed by atoms with Gasteiger partial charge in [0.15, 0.2) is 0 Å². The highest BCUT2D eigenvalue weighted by Gasteiger charge is 2.18. The van der Waals surface area contributed by atoms with Gasteiger partial charge >= 0.3 is 0 Å². The third-order valence-corrected chi connectivity index (χ3v) is 5.74. The molecule has 0 spiro atoms. The Morgan fingerprint density at radius 3 is 2.65 bits per heavy atom. The van der Waals surface area contributed by atoms with Crippen molar-refractivity contribution in [3.63, 3.8) is 0 Å². The number of rotatable bonds is 3. The Balaban J connectivity index is 2.18. The number of pyridine rings is 1. The molecule has 26 heavy (non-hydrogen) atoms. The van der Waals surface area contributed by atoms with Crippen LogP contribution in [0.4, 0.5) is 5.69 Å². The second-order valence-corrected chi connectivity index (χ2v) is 7.64. The summed E-state index contributed by atoms with van der Waals surface area (Å²) in [5.74, 6) is 0.663. The molecule has 130 valence electrons. The maximum absolute atomic E-state index is 13.0. The van der Waals surface area contributed by atoms with Gasteiger partial charge < -0.3 is 15.5 Å². The SMILES string of the molecule is COc1cc2[nH]c(=O)c(-c3cccs3)c(-c3cccc(N)c3)c2cc1Br. The van der Waals surface area contributed by atoms with Crippen LogP contribution in [-0.2, 0) is 0 Å². The zero-order valence-corrected chi connectivity index (χ0v) is 16.3. The first-order chi connectivity index (χ1) is 12.6. The number of methoxy groups -OCH3 is 1. The Bertz CT molecular complexity index is 1170. The molecule has 2 aromatic carbocycles. The number of H-pyrrole nitrogens is 1. The van der Waals surface area contributed by atoms with E-state index in [4.69, 9.17) is 10.5 Å². The summed E-state index contributed by atoms with van der Waals surface area (Å²) >= 11 is 5.09. The normalized spacial score (nSPS) is 11.0. The van der Waals surface area contributed by atoms with Crippen molar-refractivity contribution in [3.05, 3.63) is 68.7 Å². The van der Waals surface area contributed by atoms with Crippen molar-refractivity contribution in [2.45, 2.75) is 0 Å². The Kier molecular flexibility index (Phi) is 4.30. The zero-order valence-electron chi connectivity index (χ0n) is 13.9. The molecule has 0 unspecified atom stereocenters. The van der Waals surface area contributed by atoms with Crippen LogP contribution in [0.2, 0.25) is 0 Å². The first-order valence-electron chi connectivity index (χ1n) is 7.92. The number of benzene rings is 2. The molecule has 4 aromatic rings. The van der Waals surface area contributed by atoms with Crippen molar-refractivity contribution in [1.29, 1.82) is 0 Å². The minimum absolute atomic E-state index is 0.137. The number of nitrogens with two attached hydrogens (primary N) is 1. The standard InChI is InChI=1S/C20H15BrN2O2S/c1-25-16-10-15-13(9-14(16)21)18(11-4-2-5-12(22)8-11)19(20(24)23-15)17-6-3-7-26-17/h2-10H,22H2,1H3,(H,23,24). The molecule has 0 bridgehead atoms. The van der Waals surface area contributed by atoms with Crippen molar-refractivity contribution in [1.82, 2.24) is 4.98 Å². The van der Waals surface area contributed by atoms with Crippen LogP contribution in [0.5, 0.6) is 5.75 Å². The molecule has 2 aromatic heterocycles. The fourth-order valence-electron chi connectivity index (χ4n) is 3.10. The highest BCUT2D eigenvalue weighted by atomic mass is 79.9. The number of thiophene rings is 1. The maximum atomic E-state index is 13.0. The van der Waals surface area contributed by atoms with Gasteiger partial charge in [0.1, 0.15) is 5.75 Å². The average Bonchev–Trinajstić information content (AvgIpc) is 3.14. The quantitative estimate of drug-likeness (QED) is 0.438. The van der Waals surface area contributed by atoms with Gasteiger partial charge in [-0.1, -0.05) is 18.2 Å². The second-order valence-electron chi connectivity index (χ2n) is 5.84. The number of halogens is 1. The summed E-state index contributed by atoms with van der Waals surface area (Å²) < 4.78 is 6.19. The Hall–Kier alpha value is -2.57. The van der Waals surface area contributed by atoms with Crippen molar-refractivity contribution >= 4 is 43.9 Å². The topological polar surface area (TPSA) is 68.1 Å². The lowest BCUT2D eigenvalue weighted by Gasteiger charge is -2.14. The van der Waals surface area contributed by atoms with Crippen LogP contribution in [0, 0.1) is 0 Å². The number of hydrogen-bond acceptors (Lipinski definition) is 4. The van der Waals surface area contributed by atoms with E-state index in [9.17, 15) is 4.79 Å². The maximum Gasteiger partial charge on any atom is 0.257 e. The molecule has 6 heteroatoms. The third-order valence-electron chi connectivity index (χ3n) is 4.23. The smallest absolute Gasteiger partial charge is 0.257 e. The number of aromatic amines is 1. The summed E-state index contributed by atoms with van der Waals surface area (Å²) in [6, 6.07) is 15.3. The van der Waals surface area contributed by atoms with Crippen molar-refractivity contribution < 1.29 is 4.74 Å². The summed E-state index contributed by atoms with van der Waals surface area (Å²) in [5.41, 5.74) is 9.66. The molecule has 0 fully saturated rings. The van der Waals surface area contributed by atoms with Crippen LogP contribution in [-0.4, -0.2) is 12.1 Å². The number of aromatic nitrogens is 1. The number of anilines is 1. The van der Waals surface area contributed by atoms with Gasteiger partial charge in [-0.2, -0.15) is 0 Å². The van der Waals surface area contributed by atoms with Crippen molar-refractivity contribution in [3.8, 4) is 27.3 Å². The van der Waals surface area contributed by atoms with Gasteiger partial charge in [0.05, 0.1) is 22.7 Å². The first-order valence-corrected chi connectivity index (χ1v) is 9.59. The Morgan fingerprint density at radius 2 is 1.96 bits per heavy atom. The van der Waals surface area contributed by atoms with E-state index in [0.29, 0.717) is 22.5 Å². The fraction of sp³-hybridized carbons (Fsp3) is 0.0500. The van der Waals surface area contributed by atoms with Crippen LogP contribution >= 0.6 is 27.3 Å². The van der Waals surface area contributed by atoms with Gasteiger partial charge in [-0.3, -0.25) is 4.79 Å². The van der Waals surface area contributed by atoms with E-state index in [1.54, 1.807) is 7.11 Å². The molecular weight excluding hydrogens is 412 g/mol. The highest BCUT2D eigenvalue weighted by molar-refractivity contribution is 9.10. The van der Waals surface area contributed by atoms with E-state index in [2.05, 4.69) is 20.9 Å². The van der Waals surface area contributed by atoms with E-state index in [1.165, 1.54) is 11.3 Å². The van der Waals surface area contributed by atoms with Gasteiger partial charge in [-0.05, 0) is 51.1 Å². The predicted molar refractivity (Wildman–Crippen MR) is 112 cm³/mol. The second kappa shape index (κ2) is 6.63. The Morgan fingerprint density at radius 1 is 1.12 bits per heavy atom. The van der Waals surface area contributed by atoms with E-state index >= 15 is 0 Å². The minimum Gasteiger partial charge on any atom is -0.495 e. The van der Waals surface area contributed by atoms with Crippen LogP contribution in [0.15, 0.2) is 63.2 Å². The summed E-state index contributed by atoms with van der Waals surface area (Å²) in [7, 11) is 1.60. The summed E-state index contributed by atoms with van der Waals surface area (Å²) in [6.07, 6.45) is 0. The van der Waals surface area contributed by atoms with Crippen molar-refractivity contribution in [2.24, 2.45) is 0 Å².